The monoisotopic (exact) mass is 606 g/mol. The summed E-state index contributed by atoms with van der Waals surface area (Å²) in [5.41, 5.74) is 1.67. The van der Waals surface area contributed by atoms with Crippen molar-refractivity contribution in [1.82, 2.24) is 10.2 Å². The van der Waals surface area contributed by atoms with E-state index in [0.29, 0.717) is 11.5 Å². The van der Waals surface area contributed by atoms with E-state index >= 15 is 0 Å². The van der Waals surface area contributed by atoms with Crippen molar-refractivity contribution < 1.29 is 31.1 Å². The van der Waals surface area contributed by atoms with Gasteiger partial charge in [0.15, 0.2) is 9.84 Å². The second kappa shape index (κ2) is 11.5. The highest BCUT2D eigenvalue weighted by molar-refractivity contribution is 7.91. The molecule has 1 N–H and O–H groups in total. The fourth-order valence-corrected chi connectivity index (χ4v) is 7.80. The van der Waals surface area contributed by atoms with E-state index in [1.165, 1.54) is 11.3 Å². The van der Waals surface area contributed by atoms with Crippen molar-refractivity contribution in [3.05, 3.63) is 86.6 Å². The minimum absolute atomic E-state index is 0.0292. The molecule has 1 saturated heterocycles. The molecule has 0 bridgehead atoms. The van der Waals surface area contributed by atoms with Gasteiger partial charge < -0.3 is 10.1 Å². The maximum absolute atomic E-state index is 13.0. The quantitative estimate of drug-likeness (QED) is 0.351. The van der Waals surface area contributed by atoms with E-state index in [-0.39, 0.29) is 29.1 Å². The molecule has 11 heteroatoms. The van der Waals surface area contributed by atoms with Crippen molar-refractivity contribution in [2.24, 2.45) is 0 Å². The average Bonchev–Trinajstić information content (AvgIpc) is 3.42. The minimum atomic E-state index is -4.35. The number of piperidine rings is 1. The van der Waals surface area contributed by atoms with Crippen molar-refractivity contribution in [3.63, 3.8) is 0 Å². The Morgan fingerprint density at radius 2 is 1.76 bits per heavy atom. The first-order valence-electron chi connectivity index (χ1n) is 13.7. The lowest BCUT2D eigenvalue weighted by Gasteiger charge is -2.45. The maximum Gasteiger partial charge on any atom is 0.416 e. The summed E-state index contributed by atoms with van der Waals surface area (Å²) in [5, 5.41) is 2.94. The summed E-state index contributed by atoms with van der Waals surface area (Å²) in [6.07, 6.45) is -2.14. The molecule has 1 atom stereocenters. The minimum Gasteiger partial charge on any atom is -0.369 e. The first kappa shape index (κ1) is 29.8. The number of nitrogens with zero attached hydrogens (tertiary/aromatic N) is 1. The molecule has 1 amide bonds. The largest absolute Gasteiger partial charge is 0.416 e. The fraction of sp³-hybridized carbons (Fsp3) is 0.433. The van der Waals surface area contributed by atoms with E-state index in [2.05, 4.69) is 10.2 Å². The van der Waals surface area contributed by atoms with Crippen LogP contribution in [0.1, 0.15) is 69.5 Å². The number of amides is 1. The Bertz CT molecular complexity index is 1490. The average molecular weight is 607 g/mol. The van der Waals surface area contributed by atoms with Gasteiger partial charge in [-0.1, -0.05) is 31.2 Å². The molecule has 41 heavy (non-hydrogen) atoms. The Balaban J connectivity index is 1.22. The molecule has 3 heterocycles. The Hall–Kier alpha value is -2.73. The molecule has 220 valence electrons. The van der Waals surface area contributed by atoms with Crippen molar-refractivity contribution in [2.45, 2.75) is 62.4 Å². The molecule has 2 aromatic carbocycles. The Labute approximate surface area is 242 Å². The van der Waals surface area contributed by atoms with Gasteiger partial charge in [0.05, 0.1) is 27.7 Å². The van der Waals surface area contributed by atoms with Gasteiger partial charge in [0, 0.05) is 30.6 Å². The van der Waals surface area contributed by atoms with Crippen LogP contribution in [0.4, 0.5) is 13.2 Å². The van der Waals surface area contributed by atoms with Crippen LogP contribution in [0.25, 0.3) is 0 Å². The van der Waals surface area contributed by atoms with Crippen LogP contribution in [0.5, 0.6) is 0 Å². The fourth-order valence-electron chi connectivity index (χ4n) is 5.59. The summed E-state index contributed by atoms with van der Waals surface area (Å²) < 4.78 is 69.3. The summed E-state index contributed by atoms with van der Waals surface area (Å²) in [4.78, 5) is 17.3. The van der Waals surface area contributed by atoms with Crippen molar-refractivity contribution >= 4 is 27.1 Å². The zero-order valence-electron chi connectivity index (χ0n) is 23.0. The van der Waals surface area contributed by atoms with Crippen LogP contribution in [0.2, 0.25) is 0 Å². The lowest BCUT2D eigenvalue weighted by Crippen LogP contribution is -2.46. The number of nitrogens with one attached hydrogen (secondary N) is 1. The van der Waals surface area contributed by atoms with E-state index in [1.54, 1.807) is 43.3 Å². The van der Waals surface area contributed by atoms with E-state index in [4.69, 9.17) is 4.74 Å². The van der Waals surface area contributed by atoms with Gasteiger partial charge in [0.25, 0.3) is 5.91 Å². The molecular formula is C30H33F3N2O4S2. The summed E-state index contributed by atoms with van der Waals surface area (Å²) in [7, 11) is -3.27. The molecule has 0 unspecified atom stereocenters. The third-order valence-corrected chi connectivity index (χ3v) is 11.3. The summed E-state index contributed by atoms with van der Waals surface area (Å²) >= 11 is 1.46. The molecule has 0 aliphatic carbocycles. The second-order valence-electron chi connectivity index (χ2n) is 10.6. The number of benzene rings is 2. The zero-order valence-corrected chi connectivity index (χ0v) is 24.6. The molecule has 5 rings (SSSR count). The highest BCUT2D eigenvalue weighted by atomic mass is 32.2. The predicted octanol–water partition coefficient (Wildman–Crippen LogP) is 6.12. The molecule has 1 fully saturated rings. The third kappa shape index (κ3) is 6.23. The highest BCUT2D eigenvalue weighted by Crippen LogP contribution is 2.46. The lowest BCUT2D eigenvalue weighted by molar-refractivity contribution is -0.137. The van der Waals surface area contributed by atoms with Crippen molar-refractivity contribution in [2.75, 3.05) is 25.4 Å². The van der Waals surface area contributed by atoms with Crippen LogP contribution in [-0.2, 0) is 39.3 Å². The molecule has 2 aliphatic heterocycles. The standard InChI is InChI=1S/C30H33F3N2O4S2/c1-3-41(37,38)25-10-4-21(5-11-25)19-34-28(36)26-18-23-12-17-39-29(27(23)40-26)13-15-35(16-14-29)20(2)22-6-8-24(9-7-22)30(31,32)33/h4-11,18,20H,3,12-17,19H2,1-2H3,(H,34,36)/t20-/m1/s1. The zero-order chi connectivity index (χ0) is 29.4. The number of sulfone groups is 1. The number of hydrogen-bond acceptors (Lipinski definition) is 6. The first-order valence-corrected chi connectivity index (χ1v) is 16.2. The topological polar surface area (TPSA) is 75.7 Å². The molecule has 2 aliphatic rings. The van der Waals surface area contributed by atoms with E-state index in [1.807, 2.05) is 13.0 Å². The van der Waals surface area contributed by atoms with E-state index in [9.17, 15) is 26.4 Å². The number of hydrogen-bond donors (Lipinski definition) is 1. The Morgan fingerprint density at radius 3 is 2.37 bits per heavy atom. The van der Waals surface area contributed by atoms with Gasteiger partial charge in [-0.05, 0) is 73.2 Å². The summed E-state index contributed by atoms with van der Waals surface area (Å²) in [5.74, 6) is -0.147. The third-order valence-electron chi connectivity index (χ3n) is 8.19. The van der Waals surface area contributed by atoms with Gasteiger partial charge in [0.2, 0.25) is 0 Å². The number of likely N-dealkylation sites (tertiary alicyclic amines) is 1. The van der Waals surface area contributed by atoms with Gasteiger partial charge >= 0.3 is 6.18 Å². The van der Waals surface area contributed by atoms with Crippen LogP contribution in [-0.4, -0.2) is 44.7 Å². The number of thiophene rings is 1. The summed E-state index contributed by atoms with van der Waals surface area (Å²) in [6.45, 7) is 5.93. The number of carbonyl (C=O) groups excluding carboxylic acids is 1. The Morgan fingerprint density at radius 1 is 1.10 bits per heavy atom. The number of ether oxygens (including phenoxy) is 1. The SMILES string of the molecule is CCS(=O)(=O)c1ccc(CNC(=O)c2cc3c(s2)C2(CCN([C@H](C)c4ccc(C(F)(F)F)cc4)CC2)OCC3)cc1. The van der Waals surface area contributed by atoms with Crippen LogP contribution >= 0.6 is 11.3 Å². The molecule has 3 aromatic rings. The number of carbonyl (C=O) groups is 1. The van der Waals surface area contributed by atoms with Crippen LogP contribution < -0.4 is 5.32 Å². The number of halogens is 3. The first-order chi connectivity index (χ1) is 19.4. The van der Waals surface area contributed by atoms with E-state index in [0.717, 1.165) is 66.1 Å². The molecule has 1 aromatic heterocycles. The van der Waals surface area contributed by atoms with E-state index < -0.39 is 27.2 Å². The van der Waals surface area contributed by atoms with Crippen LogP contribution in [0.3, 0.4) is 0 Å². The molecule has 6 nitrogen and oxygen atoms in total. The number of fused-ring (bicyclic) bond motifs is 2. The van der Waals surface area contributed by atoms with Gasteiger partial charge in [-0.3, -0.25) is 9.69 Å². The predicted molar refractivity (Wildman–Crippen MR) is 152 cm³/mol. The molecule has 1 spiro atoms. The van der Waals surface area contributed by atoms with Gasteiger partial charge in [-0.2, -0.15) is 13.2 Å². The molecular weight excluding hydrogens is 573 g/mol. The van der Waals surface area contributed by atoms with Gasteiger partial charge in [-0.25, -0.2) is 8.42 Å². The normalized spacial score (nSPS) is 18.2. The maximum atomic E-state index is 13.0. The van der Waals surface area contributed by atoms with Crippen LogP contribution in [0, 0.1) is 0 Å². The smallest absolute Gasteiger partial charge is 0.369 e. The van der Waals surface area contributed by atoms with Crippen molar-refractivity contribution in [1.29, 1.82) is 0 Å². The number of alkyl halides is 3. The van der Waals surface area contributed by atoms with Gasteiger partial charge in [-0.15, -0.1) is 11.3 Å². The van der Waals surface area contributed by atoms with Crippen LogP contribution in [0.15, 0.2) is 59.5 Å². The van der Waals surface area contributed by atoms with Gasteiger partial charge in [0.1, 0.15) is 5.60 Å². The second-order valence-corrected chi connectivity index (χ2v) is 13.9. The Kier molecular flexibility index (Phi) is 8.35. The summed E-state index contributed by atoms with van der Waals surface area (Å²) in [6, 6.07) is 13.9. The highest BCUT2D eigenvalue weighted by Gasteiger charge is 2.43. The number of rotatable bonds is 7. The lowest BCUT2D eigenvalue weighted by atomic mass is 9.84. The van der Waals surface area contributed by atoms with Crippen molar-refractivity contribution in [3.8, 4) is 0 Å². The molecule has 0 saturated carbocycles. The molecule has 0 radical (unpaired) electrons.